The number of ether oxygens (including phenoxy) is 2. The van der Waals surface area contributed by atoms with Crippen LogP contribution in [0.25, 0.3) is 0 Å². The van der Waals surface area contributed by atoms with Gasteiger partial charge in [0.1, 0.15) is 5.75 Å². The molecule has 28 heavy (non-hydrogen) atoms. The van der Waals surface area contributed by atoms with Crippen LogP contribution in [-0.4, -0.2) is 67.7 Å². The molecule has 1 fully saturated rings. The Hall–Kier alpha value is -2.97. The fourth-order valence-corrected chi connectivity index (χ4v) is 3.29. The highest BCUT2D eigenvalue weighted by molar-refractivity contribution is 6.04. The smallest absolute Gasteiger partial charge is 0.265 e. The summed E-state index contributed by atoms with van der Waals surface area (Å²) in [4.78, 5) is 32.7. The molecule has 1 saturated heterocycles. The monoisotopic (exact) mass is 382 g/mol. The molecular formula is C20H22N4O4. The minimum atomic E-state index is -0.246. The number of hydrogen-bond acceptors (Lipinski definition) is 6. The SMILES string of the molecule is O=C(Nc1ccc2c(c1)OCC(=O)N2CCN1CCOCC1)c1cccnc1. The Morgan fingerprint density at radius 1 is 1.18 bits per heavy atom. The van der Waals surface area contributed by atoms with Gasteiger partial charge in [0.25, 0.3) is 11.8 Å². The van der Waals surface area contributed by atoms with E-state index in [-0.39, 0.29) is 18.4 Å². The third-order valence-electron chi connectivity index (χ3n) is 4.83. The fourth-order valence-electron chi connectivity index (χ4n) is 3.29. The van der Waals surface area contributed by atoms with E-state index in [0.29, 0.717) is 23.5 Å². The standard InChI is InChI=1S/C20H22N4O4/c25-19-14-28-18-12-16(22-20(26)15-2-1-5-21-13-15)3-4-17(18)24(19)7-6-23-8-10-27-11-9-23/h1-5,12-13H,6-11,14H2,(H,22,26). The molecule has 4 rings (SSSR count). The Bertz CT molecular complexity index is 853. The van der Waals surface area contributed by atoms with Crippen LogP contribution in [0.15, 0.2) is 42.7 Å². The molecule has 3 heterocycles. The zero-order valence-electron chi connectivity index (χ0n) is 15.5. The molecule has 0 unspecified atom stereocenters. The second kappa shape index (κ2) is 8.37. The van der Waals surface area contributed by atoms with Crippen molar-refractivity contribution in [2.24, 2.45) is 0 Å². The van der Waals surface area contributed by atoms with Crippen LogP contribution in [0.5, 0.6) is 5.75 Å². The van der Waals surface area contributed by atoms with Crippen molar-refractivity contribution in [2.45, 2.75) is 0 Å². The first-order valence-corrected chi connectivity index (χ1v) is 9.29. The molecule has 1 aromatic carbocycles. The van der Waals surface area contributed by atoms with Crippen molar-refractivity contribution < 1.29 is 19.1 Å². The van der Waals surface area contributed by atoms with Crippen molar-refractivity contribution in [1.82, 2.24) is 9.88 Å². The van der Waals surface area contributed by atoms with E-state index in [4.69, 9.17) is 9.47 Å². The van der Waals surface area contributed by atoms with E-state index in [9.17, 15) is 9.59 Å². The summed E-state index contributed by atoms with van der Waals surface area (Å²) in [6.07, 6.45) is 3.13. The molecule has 0 radical (unpaired) electrons. The highest BCUT2D eigenvalue weighted by Gasteiger charge is 2.26. The largest absolute Gasteiger partial charge is 0.481 e. The minimum Gasteiger partial charge on any atom is -0.481 e. The maximum atomic E-state index is 12.4. The number of anilines is 2. The van der Waals surface area contributed by atoms with Crippen molar-refractivity contribution in [3.63, 3.8) is 0 Å². The predicted octanol–water partition coefficient (Wildman–Crippen LogP) is 1.39. The third kappa shape index (κ3) is 4.13. The van der Waals surface area contributed by atoms with Crippen LogP contribution in [0.4, 0.5) is 11.4 Å². The number of carbonyl (C=O) groups is 2. The van der Waals surface area contributed by atoms with Gasteiger partial charge in [-0.2, -0.15) is 0 Å². The normalized spacial score (nSPS) is 17.0. The number of nitrogens with zero attached hydrogens (tertiary/aromatic N) is 3. The first kappa shape index (κ1) is 18.4. The molecule has 2 amide bonds. The topological polar surface area (TPSA) is 84.0 Å². The molecule has 8 nitrogen and oxygen atoms in total. The number of rotatable bonds is 5. The number of pyridine rings is 1. The Kier molecular flexibility index (Phi) is 5.50. The lowest BCUT2D eigenvalue weighted by molar-refractivity contribution is -0.121. The van der Waals surface area contributed by atoms with E-state index in [2.05, 4.69) is 15.2 Å². The van der Waals surface area contributed by atoms with Crippen molar-refractivity contribution in [3.8, 4) is 5.75 Å². The number of morpholine rings is 1. The van der Waals surface area contributed by atoms with E-state index >= 15 is 0 Å². The maximum Gasteiger partial charge on any atom is 0.265 e. The lowest BCUT2D eigenvalue weighted by atomic mass is 10.2. The summed E-state index contributed by atoms with van der Waals surface area (Å²) >= 11 is 0. The first-order valence-electron chi connectivity index (χ1n) is 9.29. The van der Waals surface area contributed by atoms with Crippen molar-refractivity contribution in [2.75, 3.05) is 56.2 Å². The van der Waals surface area contributed by atoms with Crippen LogP contribution in [0.1, 0.15) is 10.4 Å². The quantitative estimate of drug-likeness (QED) is 0.841. The molecule has 0 bridgehead atoms. The van der Waals surface area contributed by atoms with E-state index in [1.165, 1.54) is 6.20 Å². The van der Waals surface area contributed by atoms with Gasteiger partial charge in [0.2, 0.25) is 0 Å². The van der Waals surface area contributed by atoms with Crippen molar-refractivity contribution in [1.29, 1.82) is 0 Å². The molecule has 0 saturated carbocycles. The lowest BCUT2D eigenvalue weighted by Crippen LogP contribution is -2.45. The zero-order chi connectivity index (χ0) is 19.3. The van der Waals surface area contributed by atoms with Crippen LogP contribution in [0.3, 0.4) is 0 Å². The van der Waals surface area contributed by atoms with Gasteiger partial charge in [-0.15, -0.1) is 0 Å². The molecular weight excluding hydrogens is 360 g/mol. The van der Waals surface area contributed by atoms with E-state index in [1.54, 1.807) is 35.4 Å². The second-order valence-electron chi connectivity index (χ2n) is 6.67. The van der Waals surface area contributed by atoms with Crippen molar-refractivity contribution >= 4 is 23.2 Å². The van der Waals surface area contributed by atoms with E-state index < -0.39 is 0 Å². The Morgan fingerprint density at radius 2 is 2.04 bits per heavy atom. The molecule has 8 heteroatoms. The molecule has 2 aliphatic heterocycles. The second-order valence-corrected chi connectivity index (χ2v) is 6.67. The predicted molar refractivity (Wildman–Crippen MR) is 104 cm³/mol. The highest BCUT2D eigenvalue weighted by Crippen LogP contribution is 2.34. The number of aromatic nitrogens is 1. The molecule has 1 aromatic heterocycles. The van der Waals surface area contributed by atoms with Gasteiger partial charge in [0.05, 0.1) is 24.5 Å². The summed E-state index contributed by atoms with van der Waals surface area (Å²) < 4.78 is 11.0. The number of hydrogen-bond donors (Lipinski definition) is 1. The highest BCUT2D eigenvalue weighted by atomic mass is 16.5. The number of amides is 2. The summed E-state index contributed by atoms with van der Waals surface area (Å²) in [6, 6.07) is 8.74. The van der Waals surface area contributed by atoms with Gasteiger partial charge in [0.15, 0.2) is 6.61 Å². The summed E-state index contributed by atoms with van der Waals surface area (Å²) in [7, 11) is 0. The van der Waals surface area contributed by atoms with Gasteiger partial charge in [-0.3, -0.25) is 19.5 Å². The summed E-state index contributed by atoms with van der Waals surface area (Å²) in [5.74, 6) is 0.280. The van der Waals surface area contributed by atoms with Crippen molar-refractivity contribution in [3.05, 3.63) is 48.3 Å². The van der Waals surface area contributed by atoms with Crippen LogP contribution in [0.2, 0.25) is 0 Å². The molecule has 146 valence electrons. The van der Waals surface area contributed by atoms with Gasteiger partial charge in [-0.25, -0.2) is 0 Å². The number of fused-ring (bicyclic) bond motifs is 1. The average molecular weight is 382 g/mol. The number of benzene rings is 1. The number of nitrogens with one attached hydrogen (secondary N) is 1. The Labute approximate surface area is 163 Å². The first-order chi connectivity index (χ1) is 13.7. The van der Waals surface area contributed by atoms with Crippen LogP contribution in [0, 0.1) is 0 Å². The zero-order valence-corrected chi connectivity index (χ0v) is 15.5. The van der Waals surface area contributed by atoms with Crippen LogP contribution >= 0.6 is 0 Å². The summed E-state index contributed by atoms with van der Waals surface area (Å²) in [5.41, 5.74) is 1.81. The average Bonchev–Trinajstić information content (AvgIpc) is 2.74. The Balaban J connectivity index is 1.45. The van der Waals surface area contributed by atoms with Gasteiger partial charge < -0.3 is 19.7 Å². The summed E-state index contributed by atoms with van der Waals surface area (Å²) in [6.45, 7) is 4.59. The van der Waals surface area contributed by atoms with E-state index in [0.717, 1.165) is 38.5 Å². The minimum absolute atomic E-state index is 0.00385. The van der Waals surface area contributed by atoms with Crippen LogP contribution in [-0.2, 0) is 9.53 Å². The molecule has 0 aliphatic carbocycles. The van der Waals surface area contributed by atoms with Gasteiger partial charge in [-0.1, -0.05) is 0 Å². The molecule has 2 aromatic rings. The molecule has 0 atom stereocenters. The molecule has 0 spiro atoms. The lowest BCUT2D eigenvalue weighted by Gasteiger charge is -2.33. The molecule has 2 aliphatic rings. The van der Waals surface area contributed by atoms with Gasteiger partial charge in [-0.05, 0) is 24.3 Å². The Morgan fingerprint density at radius 3 is 2.82 bits per heavy atom. The van der Waals surface area contributed by atoms with Crippen LogP contribution < -0.4 is 15.0 Å². The van der Waals surface area contributed by atoms with E-state index in [1.807, 2.05) is 6.07 Å². The maximum absolute atomic E-state index is 12.4. The molecule has 1 N–H and O–H groups in total. The van der Waals surface area contributed by atoms with Gasteiger partial charge in [0, 0.05) is 50.3 Å². The fraction of sp³-hybridized carbons (Fsp3) is 0.350. The third-order valence-corrected chi connectivity index (χ3v) is 4.83. The number of carbonyl (C=O) groups excluding carboxylic acids is 2. The van der Waals surface area contributed by atoms with Gasteiger partial charge >= 0.3 is 0 Å². The summed E-state index contributed by atoms with van der Waals surface area (Å²) in [5, 5.41) is 2.83.